The first-order valence-electron chi connectivity index (χ1n) is 5.14. The van der Waals surface area contributed by atoms with Crippen molar-refractivity contribution in [2.24, 2.45) is 5.92 Å². The minimum Gasteiger partial charge on any atom is -0.374 e. The lowest BCUT2D eigenvalue weighted by atomic mass is 9.99. The highest BCUT2D eigenvalue weighted by Crippen LogP contribution is 2.20. The summed E-state index contributed by atoms with van der Waals surface area (Å²) < 4.78 is 5.70. The monoisotopic (exact) mass is 180 g/mol. The molecule has 1 heterocycles. The standard InChI is InChI=1S/C12H20O/c1-10(2)6-7-12-9-11(3)5-4-8-13-12/h6-7,11-12H,1,4-5,8-9H2,2-3H3. The number of hydrogen-bond acceptors (Lipinski definition) is 1. The summed E-state index contributed by atoms with van der Waals surface area (Å²) in [6, 6.07) is 0. The molecule has 1 fully saturated rings. The van der Waals surface area contributed by atoms with Gasteiger partial charge in [-0.15, -0.1) is 0 Å². The van der Waals surface area contributed by atoms with Crippen LogP contribution in [0.5, 0.6) is 0 Å². The molecule has 0 amide bonds. The summed E-state index contributed by atoms with van der Waals surface area (Å²) in [4.78, 5) is 0. The average Bonchev–Trinajstić information content (AvgIpc) is 2.26. The molecule has 0 aromatic carbocycles. The van der Waals surface area contributed by atoms with E-state index in [1.54, 1.807) is 0 Å². The van der Waals surface area contributed by atoms with Crippen LogP contribution < -0.4 is 0 Å². The van der Waals surface area contributed by atoms with Crippen molar-refractivity contribution in [1.82, 2.24) is 0 Å². The summed E-state index contributed by atoms with van der Waals surface area (Å²) in [6.45, 7) is 9.06. The van der Waals surface area contributed by atoms with Crippen LogP contribution in [0.25, 0.3) is 0 Å². The molecule has 2 atom stereocenters. The van der Waals surface area contributed by atoms with E-state index in [1.807, 2.05) is 6.92 Å². The predicted molar refractivity (Wildman–Crippen MR) is 56.7 cm³/mol. The summed E-state index contributed by atoms with van der Waals surface area (Å²) in [6.07, 6.45) is 8.18. The molecule has 0 aromatic rings. The molecule has 1 heteroatoms. The first-order chi connectivity index (χ1) is 6.18. The molecule has 0 aromatic heterocycles. The van der Waals surface area contributed by atoms with Crippen molar-refractivity contribution < 1.29 is 4.74 Å². The van der Waals surface area contributed by atoms with E-state index < -0.39 is 0 Å². The van der Waals surface area contributed by atoms with Gasteiger partial charge in [-0.05, 0) is 32.1 Å². The largest absolute Gasteiger partial charge is 0.374 e. The molecule has 0 saturated carbocycles. The van der Waals surface area contributed by atoms with Crippen LogP contribution in [0.1, 0.15) is 33.1 Å². The van der Waals surface area contributed by atoms with Crippen LogP contribution in [0.3, 0.4) is 0 Å². The Hall–Kier alpha value is -0.560. The van der Waals surface area contributed by atoms with E-state index in [-0.39, 0.29) is 0 Å². The van der Waals surface area contributed by atoms with Gasteiger partial charge in [-0.3, -0.25) is 0 Å². The molecule has 1 aliphatic heterocycles. The SMILES string of the molecule is C=C(C)C=CC1CC(C)CCCO1. The van der Waals surface area contributed by atoms with Gasteiger partial charge in [0.15, 0.2) is 0 Å². The maximum Gasteiger partial charge on any atom is 0.0761 e. The van der Waals surface area contributed by atoms with Gasteiger partial charge in [0.2, 0.25) is 0 Å². The second kappa shape index (κ2) is 5.23. The molecule has 1 saturated heterocycles. The Morgan fingerprint density at radius 3 is 3.00 bits per heavy atom. The Morgan fingerprint density at radius 2 is 2.31 bits per heavy atom. The van der Waals surface area contributed by atoms with Gasteiger partial charge in [-0.25, -0.2) is 0 Å². The van der Waals surface area contributed by atoms with Crippen molar-refractivity contribution >= 4 is 0 Å². The van der Waals surface area contributed by atoms with E-state index in [4.69, 9.17) is 4.74 Å². The van der Waals surface area contributed by atoms with Crippen LogP contribution in [0.15, 0.2) is 24.3 Å². The fourth-order valence-corrected chi connectivity index (χ4v) is 1.65. The van der Waals surface area contributed by atoms with Crippen molar-refractivity contribution in [2.45, 2.75) is 39.2 Å². The minimum absolute atomic E-state index is 0.314. The summed E-state index contributed by atoms with van der Waals surface area (Å²) in [7, 11) is 0. The van der Waals surface area contributed by atoms with E-state index in [0.717, 1.165) is 24.5 Å². The highest BCUT2D eigenvalue weighted by atomic mass is 16.5. The van der Waals surface area contributed by atoms with Crippen LogP contribution in [-0.4, -0.2) is 12.7 Å². The third-order valence-corrected chi connectivity index (χ3v) is 2.40. The first-order valence-corrected chi connectivity index (χ1v) is 5.14. The Morgan fingerprint density at radius 1 is 1.54 bits per heavy atom. The molecule has 1 nitrogen and oxygen atoms in total. The first kappa shape index (κ1) is 10.5. The molecule has 0 radical (unpaired) electrons. The van der Waals surface area contributed by atoms with Crippen molar-refractivity contribution in [3.63, 3.8) is 0 Å². The molecule has 13 heavy (non-hydrogen) atoms. The summed E-state index contributed by atoms with van der Waals surface area (Å²) >= 11 is 0. The number of ether oxygens (including phenoxy) is 1. The van der Waals surface area contributed by atoms with Gasteiger partial charge in [0.05, 0.1) is 6.10 Å². The van der Waals surface area contributed by atoms with Gasteiger partial charge in [0.25, 0.3) is 0 Å². The van der Waals surface area contributed by atoms with Crippen molar-refractivity contribution in [3.05, 3.63) is 24.3 Å². The van der Waals surface area contributed by atoms with Crippen molar-refractivity contribution in [1.29, 1.82) is 0 Å². The zero-order valence-electron chi connectivity index (χ0n) is 8.75. The fraction of sp³-hybridized carbons (Fsp3) is 0.667. The van der Waals surface area contributed by atoms with E-state index in [0.29, 0.717) is 6.10 Å². The maximum atomic E-state index is 5.70. The van der Waals surface area contributed by atoms with E-state index in [9.17, 15) is 0 Å². The predicted octanol–water partition coefficient (Wildman–Crippen LogP) is 3.32. The molecular formula is C12H20O. The summed E-state index contributed by atoms with van der Waals surface area (Å²) in [5.41, 5.74) is 1.10. The smallest absolute Gasteiger partial charge is 0.0761 e. The fourth-order valence-electron chi connectivity index (χ4n) is 1.65. The Labute approximate surface area is 81.5 Å². The Balaban J connectivity index is 2.43. The third kappa shape index (κ3) is 4.28. The van der Waals surface area contributed by atoms with Gasteiger partial charge in [0.1, 0.15) is 0 Å². The quantitative estimate of drug-likeness (QED) is 0.592. The van der Waals surface area contributed by atoms with E-state index in [1.165, 1.54) is 12.8 Å². The van der Waals surface area contributed by atoms with Crippen molar-refractivity contribution in [3.8, 4) is 0 Å². The minimum atomic E-state index is 0.314. The molecule has 1 rings (SSSR count). The zero-order chi connectivity index (χ0) is 9.68. The van der Waals surface area contributed by atoms with E-state index in [2.05, 4.69) is 25.7 Å². The molecule has 0 aliphatic carbocycles. The van der Waals surface area contributed by atoms with Crippen LogP contribution in [0.4, 0.5) is 0 Å². The molecule has 0 bridgehead atoms. The molecule has 2 unspecified atom stereocenters. The van der Waals surface area contributed by atoms with Gasteiger partial charge >= 0.3 is 0 Å². The van der Waals surface area contributed by atoms with Gasteiger partial charge in [-0.2, -0.15) is 0 Å². The normalized spacial score (nSPS) is 30.3. The maximum absolute atomic E-state index is 5.70. The average molecular weight is 180 g/mol. The van der Waals surface area contributed by atoms with Crippen LogP contribution in [0, 0.1) is 5.92 Å². The molecule has 74 valence electrons. The van der Waals surface area contributed by atoms with Gasteiger partial charge in [-0.1, -0.05) is 31.2 Å². The lowest BCUT2D eigenvalue weighted by Gasteiger charge is -2.12. The second-order valence-corrected chi connectivity index (χ2v) is 4.10. The number of hydrogen-bond donors (Lipinski definition) is 0. The van der Waals surface area contributed by atoms with Crippen LogP contribution in [-0.2, 0) is 4.74 Å². The van der Waals surface area contributed by atoms with E-state index >= 15 is 0 Å². The summed E-state index contributed by atoms with van der Waals surface area (Å²) in [5.74, 6) is 0.794. The topological polar surface area (TPSA) is 9.23 Å². The van der Waals surface area contributed by atoms with Gasteiger partial charge < -0.3 is 4.74 Å². The third-order valence-electron chi connectivity index (χ3n) is 2.40. The molecule has 0 N–H and O–H groups in total. The van der Waals surface area contributed by atoms with Crippen LogP contribution in [0.2, 0.25) is 0 Å². The lowest BCUT2D eigenvalue weighted by Crippen LogP contribution is -2.10. The Bertz CT molecular complexity index is 193. The van der Waals surface area contributed by atoms with Crippen molar-refractivity contribution in [2.75, 3.05) is 6.61 Å². The number of allylic oxidation sites excluding steroid dienone is 2. The molecule has 1 aliphatic rings. The van der Waals surface area contributed by atoms with Crippen LogP contribution >= 0.6 is 0 Å². The highest BCUT2D eigenvalue weighted by Gasteiger charge is 2.14. The number of rotatable bonds is 2. The molecule has 0 spiro atoms. The zero-order valence-corrected chi connectivity index (χ0v) is 8.75. The summed E-state index contributed by atoms with van der Waals surface area (Å²) in [5, 5.41) is 0. The second-order valence-electron chi connectivity index (χ2n) is 4.10. The van der Waals surface area contributed by atoms with Gasteiger partial charge in [0, 0.05) is 6.61 Å². The molecular weight excluding hydrogens is 160 g/mol. The lowest BCUT2D eigenvalue weighted by molar-refractivity contribution is 0.0883. The Kier molecular flexibility index (Phi) is 4.23. The highest BCUT2D eigenvalue weighted by molar-refractivity contribution is 5.12.